The average molecular weight is 368 g/mol. The third kappa shape index (κ3) is 3.97. The maximum Gasteiger partial charge on any atom is 0.289 e. The van der Waals surface area contributed by atoms with Crippen LogP contribution in [0, 0.1) is 0 Å². The van der Waals surface area contributed by atoms with E-state index >= 15 is 0 Å². The SMILES string of the molecule is O=C(/C=C/c1ccc2c(c1)OCO2)NC1CCN(C(=O)c2ccco2)CC1. The Kier molecular flexibility index (Phi) is 4.82. The molecule has 1 N–H and O–H groups in total. The highest BCUT2D eigenvalue weighted by atomic mass is 16.7. The summed E-state index contributed by atoms with van der Waals surface area (Å²) in [5.41, 5.74) is 0.869. The van der Waals surface area contributed by atoms with E-state index in [1.165, 1.54) is 12.3 Å². The molecule has 0 spiro atoms. The molecule has 1 aromatic carbocycles. The van der Waals surface area contributed by atoms with E-state index < -0.39 is 0 Å². The van der Waals surface area contributed by atoms with Crippen molar-refractivity contribution < 1.29 is 23.5 Å². The van der Waals surface area contributed by atoms with Crippen LogP contribution in [0.1, 0.15) is 29.0 Å². The molecule has 1 aromatic heterocycles. The zero-order chi connectivity index (χ0) is 18.6. The number of fused-ring (bicyclic) bond motifs is 1. The van der Waals surface area contributed by atoms with Crippen molar-refractivity contribution in [1.82, 2.24) is 10.2 Å². The summed E-state index contributed by atoms with van der Waals surface area (Å²) in [7, 11) is 0. The van der Waals surface area contributed by atoms with Gasteiger partial charge in [0.2, 0.25) is 12.7 Å². The molecule has 0 unspecified atom stereocenters. The van der Waals surface area contributed by atoms with Crippen LogP contribution >= 0.6 is 0 Å². The Hall–Kier alpha value is -3.22. The summed E-state index contributed by atoms with van der Waals surface area (Å²) < 4.78 is 15.8. The molecule has 7 nitrogen and oxygen atoms in total. The predicted molar refractivity (Wildman–Crippen MR) is 97.4 cm³/mol. The number of nitrogens with one attached hydrogen (secondary N) is 1. The first-order valence-corrected chi connectivity index (χ1v) is 8.90. The van der Waals surface area contributed by atoms with E-state index in [9.17, 15) is 9.59 Å². The second-order valence-corrected chi connectivity index (χ2v) is 6.50. The third-order valence-corrected chi connectivity index (χ3v) is 4.68. The first kappa shape index (κ1) is 17.2. The molecule has 0 aliphatic carbocycles. The Labute approximate surface area is 156 Å². The summed E-state index contributed by atoms with van der Waals surface area (Å²) in [5, 5.41) is 2.99. The Morgan fingerprint density at radius 1 is 1.11 bits per heavy atom. The second kappa shape index (κ2) is 7.57. The first-order chi connectivity index (χ1) is 13.2. The number of nitrogens with zero attached hydrogens (tertiary/aromatic N) is 1. The number of amides is 2. The average Bonchev–Trinajstić information content (AvgIpc) is 3.38. The van der Waals surface area contributed by atoms with Crippen LogP contribution in [-0.4, -0.2) is 42.6 Å². The van der Waals surface area contributed by atoms with Gasteiger partial charge < -0.3 is 24.1 Å². The summed E-state index contributed by atoms with van der Waals surface area (Å²) in [6.07, 6.45) is 6.18. The lowest BCUT2D eigenvalue weighted by molar-refractivity contribution is -0.117. The van der Waals surface area contributed by atoms with Gasteiger partial charge in [-0.05, 0) is 48.7 Å². The van der Waals surface area contributed by atoms with Gasteiger partial charge in [0.15, 0.2) is 17.3 Å². The number of rotatable bonds is 4. The number of ether oxygens (including phenoxy) is 2. The van der Waals surface area contributed by atoms with Gasteiger partial charge in [-0.3, -0.25) is 9.59 Å². The molecular weight excluding hydrogens is 348 g/mol. The summed E-state index contributed by atoms with van der Waals surface area (Å²) in [4.78, 5) is 26.2. The monoisotopic (exact) mass is 368 g/mol. The van der Waals surface area contributed by atoms with Crippen LogP contribution in [0.25, 0.3) is 6.08 Å². The maximum atomic E-state index is 12.2. The molecule has 140 valence electrons. The zero-order valence-electron chi connectivity index (χ0n) is 14.7. The molecule has 2 amide bonds. The highest BCUT2D eigenvalue weighted by Crippen LogP contribution is 2.32. The lowest BCUT2D eigenvalue weighted by atomic mass is 10.0. The van der Waals surface area contributed by atoms with Crippen LogP contribution in [-0.2, 0) is 4.79 Å². The Bertz CT molecular complexity index is 851. The molecule has 27 heavy (non-hydrogen) atoms. The maximum absolute atomic E-state index is 12.2. The Morgan fingerprint density at radius 2 is 1.93 bits per heavy atom. The molecule has 3 heterocycles. The molecule has 0 radical (unpaired) electrons. The van der Waals surface area contributed by atoms with E-state index in [0.29, 0.717) is 30.3 Å². The molecule has 1 fully saturated rings. The van der Waals surface area contributed by atoms with Crippen molar-refractivity contribution >= 4 is 17.9 Å². The highest BCUT2D eigenvalue weighted by molar-refractivity contribution is 5.92. The highest BCUT2D eigenvalue weighted by Gasteiger charge is 2.25. The van der Waals surface area contributed by atoms with Gasteiger partial charge in [-0.2, -0.15) is 0 Å². The number of furan rings is 1. The zero-order valence-corrected chi connectivity index (χ0v) is 14.7. The lowest BCUT2D eigenvalue weighted by Crippen LogP contribution is -2.46. The fourth-order valence-corrected chi connectivity index (χ4v) is 3.22. The fourth-order valence-electron chi connectivity index (χ4n) is 3.22. The standard InChI is InChI=1S/C20H20N2O5/c23-19(6-4-14-3-5-16-18(12-14)27-13-26-16)21-15-7-9-22(10-8-15)20(24)17-2-1-11-25-17/h1-6,11-12,15H,7-10,13H2,(H,21,23)/b6-4+. The van der Waals surface area contributed by atoms with Gasteiger partial charge in [-0.25, -0.2) is 0 Å². The minimum atomic E-state index is -0.150. The number of hydrogen-bond donors (Lipinski definition) is 1. The van der Waals surface area contributed by atoms with E-state index in [2.05, 4.69) is 5.32 Å². The van der Waals surface area contributed by atoms with Crippen LogP contribution in [0.15, 0.2) is 47.1 Å². The molecule has 1 saturated heterocycles. The first-order valence-electron chi connectivity index (χ1n) is 8.90. The molecule has 0 atom stereocenters. The Morgan fingerprint density at radius 3 is 2.70 bits per heavy atom. The number of piperidine rings is 1. The molecular formula is C20H20N2O5. The van der Waals surface area contributed by atoms with Crippen LogP contribution in [0.2, 0.25) is 0 Å². The van der Waals surface area contributed by atoms with Crippen molar-refractivity contribution in [3.05, 3.63) is 54.0 Å². The normalized spacial score (nSPS) is 16.7. The van der Waals surface area contributed by atoms with Gasteiger partial charge >= 0.3 is 0 Å². The Balaban J connectivity index is 1.26. The van der Waals surface area contributed by atoms with Gasteiger partial charge in [-0.1, -0.05) is 6.07 Å². The van der Waals surface area contributed by atoms with E-state index in [1.807, 2.05) is 18.2 Å². The molecule has 7 heteroatoms. The molecule has 0 bridgehead atoms. The summed E-state index contributed by atoms with van der Waals surface area (Å²) in [5.74, 6) is 1.50. The van der Waals surface area contributed by atoms with Gasteiger partial charge in [0.25, 0.3) is 5.91 Å². The van der Waals surface area contributed by atoms with E-state index in [4.69, 9.17) is 13.9 Å². The van der Waals surface area contributed by atoms with Crippen LogP contribution < -0.4 is 14.8 Å². The van der Waals surface area contributed by atoms with Gasteiger partial charge in [0.1, 0.15) is 0 Å². The summed E-state index contributed by atoms with van der Waals surface area (Å²) in [6.45, 7) is 1.41. The summed E-state index contributed by atoms with van der Waals surface area (Å²) >= 11 is 0. The predicted octanol–water partition coefficient (Wildman–Crippen LogP) is 2.44. The minimum absolute atomic E-state index is 0.0551. The fraction of sp³-hybridized carbons (Fsp3) is 0.300. The van der Waals surface area contributed by atoms with Gasteiger partial charge in [0, 0.05) is 25.2 Å². The van der Waals surface area contributed by atoms with Crippen molar-refractivity contribution in [2.75, 3.05) is 19.9 Å². The van der Waals surface area contributed by atoms with Crippen LogP contribution in [0.3, 0.4) is 0 Å². The van der Waals surface area contributed by atoms with Crippen molar-refractivity contribution in [3.8, 4) is 11.5 Å². The smallest absolute Gasteiger partial charge is 0.289 e. The lowest BCUT2D eigenvalue weighted by Gasteiger charge is -2.31. The topological polar surface area (TPSA) is 81.0 Å². The summed E-state index contributed by atoms with van der Waals surface area (Å²) in [6, 6.07) is 8.95. The third-order valence-electron chi connectivity index (χ3n) is 4.68. The van der Waals surface area contributed by atoms with Crippen LogP contribution in [0.5, 0.6) is 11.5 Å². The van der Waals surface area contributed by atoms with Crippen molar-refractivity contribution in [2.45, 2.75) is 18.9 Å². The number of carbonyl (C=O) groups is 2. The van der Waals surface area contributed by atoms with Crippen molar-refractivity contribution in [3.63, 3.8) is 0 Å². The number of benzene rings is 1. The molecule has 2 aliphatic rings. The molecule has 4 rings (SSSR count). The second-order valence-electron chi connectivity index (χ2n) is 6.50. The van der Waals surface area contributed by atoms with Gasteiger partial charge in [-0.15, -0.1) is 0 Å². The number of carbonyl (C=O) groups excluding carboxylic acids is 2. The van der Waals surface area contributed by atoms with E-state index in [1.54, 1.807) is 23.1 Å². The van der Waals surface area contributed by atoms with E-state index in [0.717, 1.165) is 18.4 Å². The van der Waals surface area contributed by atoms with E-state index in [-0.39, 0.29) is 24.6 Å². The molecule has 2 aliphatic heterocycles. The van der Waals surface area contributed by atoms with Gasteiger partial charge in [0.05, 0.1) is 6.26 Å². The number of likely N-dealkylation sites (tertiary alicyclic amines) is 1. The van der Waals surface area contributed by atoms with Crippen molar-refractivity contribution in [1.29, 1.82) is 0 Å². The van der Waals surface area contributed by atoms with Crippen LogP contribution in [0.4, 0.5) is 0 Å². The molecule has 2 aromatic rings. The number of hydrogen-bond acceptors (Lipinski definition) is 5. The quantitative estimate of drug-likeness (QED) is 0.839. The molecule has 0 saturated carbocycles. The minimum Gasteiger partial charge on any atom is -0.459 e. The largest absolute Gasteiger partial charge is 0.459 e. The van der Waals surface area contributed by atoms with Crippen molar-refractivity contribution in [2.24, 2.45) is 0 Å².